The smallest absolute Gasteiger partial charge is 0.350 e. The van der Waals surface area contributed by atoms with Gasteiger partial charge in [-0.3, -0.25) is 4.79 Å². The zero-order chi connectivity index (χ0) is 20.1. The quantitative estimate of drug-likeness (QED) is 0.713. The van der Waals surface area contributed by atoms with Gasteiger partial charge in [0.15, 0.2) is 23.7 Å². The SMILES string of the molecule is CC(C)(Oc1ccc(Cl)cc1)C(=O)OCC(=O)NCc1ccc2c(c1)OCO2. The molecule has 0 bridgehead atoms. The summed E-state index contributed by atoms with van der Waals surface area (Å²) in [5, 5.41) is 3.25. The Labute approximate surface area is 167 Å². The molecular formula is C20H20ClNO6. The van der Waals surface area contributed by atoms with Gasteiger partial charge in [0.1, 0.15) is 5.75 Å². The second-order valence-electron chi connectivity index (χ2n) is 6.61. The molecule has 1 heterocycles. The minimum atomic E-state index is -1.26. The molecule has 0 saturated carbocycles. The molecule has 0 spiro atoms. The van der Waals surface area contributed by atoms with E-state index in [0.29, 0.717) is 22.3 Å². The zero-order valence-corrected chi connectivity index (χ0v) is 16.2. The molecule has 1 N–H and O–H groups in total. The number of fused-ring (bicyclic) bond motifs is 1. The number of carbonyl (C=O) groups is 2. The first kappa shape index (κ1) is 19.8. The number of nitrogens with one attached hydrogen (secondary N) is 1. The summed E-state index contributed by atoms with van der Waals surface area (Å²) >= 11 is 5.83. The molecule has 1 amide bonds. The van der Waals surface area contributed by atoms with Gasteiger partial charge in [0, 0.05) is 11.6 Å². The second kappa shape index (κ2) is 8.39. The van der Waals surface area contributed by atoms with Crippen molar-refractivity contribution in [2.45, 2.75) is 26.0 Å². The van der Waals surface area contributed by atoms with Gasteiger partial charge in [-0.2, -0.15) is 0 Å². The molecule has 0 saturated heterocycles. The third-order valence-corrected chi connectivity index (χ3v) is 4.19. The number of hydrogen-bond donors (Lipinski definition) is 1. The molecule has 2 aromatic carbocycles. The fraction of sp³-hybridized carbons (Fsp3) is 0.300. The van der Waals surface area contributed by atoms with Crippen LogP contribution in [0.5, 0.6) is 17.2 Å². The Morgan fingerprint density at radius 2 is 1.82 bits per heavy atom. The average molecular weight is 406 g/mol. The van der Waals surface area contributed by atoms with E-state index in [2.05, 4.69) is 5.32 Å². The monoisotopic (exact) mass is 405 g/mol. The van der Waals surface area contributed by atoms with E-state index in [1.54, 1.807) is 50.2 Å². The molecule has 3 rings (SSSR count). The molecule has 2 aromatic rings. The van der Waals surface area contributed by atoms with Crippen LogP contribution in [0.2, 0.25) is 5.02 Å². The highest BCUT2D eigenvalue weighted by molar-refractivity contribution is 6.30. The van der Waals surface area contributed by atoms with Crippen LogP contribution in [-0.2, 0) is 20.9 Å². The van der Waals surface area contributed by atoms with Crippen molar-refractivity contribution in [3.63, 3.8) is 0 Å². The Morgan fingerprint density at radius 3 is 2.57 bits per heavy atom. The van der Waals surface area contributed by atoms with Crippen molar-refractivity contribution in [1.29, 1.82) is 0 Å². The Balaban J connectivity index is 1.45. The van der Waals surface area contributed by atoms with Gasteiger partial charge >= 0.3 is 5.97 Å². The first-order chi connectivity index (χ1) is 13.3. The van der Waals surface area contributed by atoms with Crippen LogP contribution >= 0.6 is 11.6 Å². The number of esters is 1. The topological polar surface area (TPSA) is 83.1 Å². The van der Waals surface area contributed by atoms with Crippen molar-refractivity contribution in [3.8, 4) is 17.2 Å². The molecule has 0 radical (unpaired) electrons. The summed E-state index contributed by atoms with van der Waals surface area (Å²) in [6, 6.07) is 12.0. The first-order valence-corrected chi connectivity index (χ1v) is 8.98. The molecule has 0 aliphatic carbocycles. The summed E-state index contributed by atoms with van der Waals surface area (Å²) in [6.07, 6.45) is 0. The van der Waals surface area contributed by atoms with Crippen LogP contribution in [0.4, 0.5) is 0 Å². The van der Waals surface area contributed by atoms with E-state index in [9.17, 15) is 9.59 Å². The number of hydrogen-bond acceptors (Lipinski definition) is 6. The van der Waals surface area contributed by atoms with Crippen molar-refractivity contribution in [2.75, 3.05) is 13.4 Å². The van der Waals surface area contributed by atoms with E-state index in [-0.39, 0.29) is 13.3 Å². The number of halogens is 1. The summed E-state index contributed by atoms with van der Waals surface area (Å²) in [4.78, 5) is 24.2. The molecule has 8 heteroatoms. The van der Waals surface area contributed by atoms with Gasteiger partial charge in [-0.1, -0.05) is 17.7 Å². The van der Waals surface area contributed by atoms with Crippen LogP contribution in [0.25, 0.3) is 0 Å². The van der Waals surface area contributed by atoms with Gasteiger partial charge in [-0.15, -0.1) is 0 Å². The van der Waals surface area contributed by atoms with E-state index in [1.165, 1.54) is 0 Å². The third kappa shape index (κ3) is 5.07. The van der Waals surface area contributed by atoms with E-state index < -0.39 is 24.1 Å². The molecule has 0 unspecified atom stereocenters. The minimum absolute atomic E-state index is 0.189. The molecular weight excluding hydrogens is 386 g/mol. The van der Waals surface area contributed by atoms with E-state index in [1.807, 2.05) is 6.07 Å². The molecule has 0 atom stereocenters. The highest BCUT2D eigenvalue weighted by Gasteiger charge is 2.32. The lowest BCUT2D eigenvalue weighted by Gasteiger charge is -2.24. The van der Waals surface area contributed by atoms with Gasteiger partial charge in [-0.05, 0) is 55.8 Å². The summed E-state index contributed by atoms with van der Waals surface area (Å²) < 4.78 is 21.2. The standard InChI is InChI=1S/C20H20ClNO6/c1-20(2,28-15-6-4-14(21)5-7-15)19(24)25-11-18(23)22-10-13-3-8-16-17(9-13)27-12-26-16/h3-9H,10-12H2,1-2H3,(H,22,23). The van der Waals surface area contributed by atoms with Gasteiger partial charge in [0.05, 0.1) is 0 Å². The predicted octanol–water partition coefficient (Wildman–Crippen LogP) is 3.09. The van der Waals surface area contributed by atoms with E-state index in [0.717, 1.165) is 5.56 Å². The maximum atomic E-state index is 12.3. The van der Waals surface area contributed by atoms with Crippen LogP contribution < -0.4 is 19.5 Å². The fourth-order valence-electron chi connectivity index (χ4n) is 2.45. The van der Waals surface area contributed by atoms with Crippen LogP contribution in [-0.4, -0.2) is 30.9 Å². The lowest BCUT2D eigenvalue weighted by atomic mass is 10.1. The zero-order valence-electron chi connectivity index (χ0n) is 15.5. The molecule has 0 fully saturated rings. The third-order valence-electron chi connectivity index (χ3n) is 3.94. The highest BCUT2D eigenvalue weighted by Crippen LogP contribution is 2.32. The number of ether oxygens (including phenoxy) is 4. The Bertz CT molecular complexity index is 865. The van der Waals surface area contributed by atoms with Crippen LogP contribution in [0.15, 0.2) is 42.5 Å². The van der Waals surface area contributed by atoms with E-state index in [4.69, 9.17) is 30.5 Å². The molecule has 1 aliphatic rings. The van der Waals surface area contributed by atoms with Crippen molar-refractivity contribution in [3.05, 3.63) is 53.1 Å². The Morgan fingerprint density at radius 1 is 1.11 bits per heavy atom. The number of amides is 1. The number of carbonyl (C=O) groups excluding carboxylic acids is 2. The minimum Gasteiger partial charge on any atom is -0.476 e. The average Bonchev–Trinajstić information content (AvgIpc) is 3.13. The van der Waals surface area contributed by atoms with E-state index >= 15 is 0 Å². The summed E-state index contributed by atoms with van der Waals surface area (Å²) in [6.45, 7) is 3.19. The van der Waals surface area contributed by atoms with Gasteiger partial charge in [-0.25, -0.2) is 4.79 Å². The lowest BCUT2D eigenvalue weighted by molar-refractivity contribution is -0.162. The molecule has 0 aromatic heterocycles. The molecule has 7 nitrogen and oxygen atoms in total. The first-order valence-electron chi connectivity index (χ1n) is 8.60. The molecule has 28 heavy (non-hydrogen) atoms. The van der Waals surface area contributed by atoms with Crippen LogP contribution in [0.3, 0.4) is 0 Å². The van der Waals surface area contributed by atoms with Crippen molar-refractivity contribution in [1.82, 2.24) is 5.32 Å². The number of rotatable bonds is 7. The summed E-state index contributed by atoms with van der Waals surface area (Å²) in [5.74, 6) is 0.707. The Hall–Kier alpha value is -2.93. The van der Waals surface area contributed by atoms with Gasteiger partial charge < -0.3 is 24.3 Å². The van der Waals surface area contributed by atoms with Crippen LogP contribution in [0.1, 0.15) is 19.4 Å². The second-order valence-corrected chi connectivity index (χ2v) is 7.04. The lowest BCUT2D eigenvalue weighted by Crippen LogP contribution is -2.41. The fourth-order valence-corrected chi connectivity index (χ4v) is 2.57. The number of benzene rings is 2. The van der Waals surface area contributed by atoms with Crippen molar-refractivity contribution < 1.29 is 28.5 Å². The van der Waals surface area contributed by atoms with Crippen LogP contribution in [0, 0.1) is 0 Å². The normalized spacial score (nSPS) is 12.4. The summed E-state index contributed by atoms with van der Waals surface area (Å²) in [5.41, 5.74) is -0.416. The molecule has 148 valence electrons. The highest BCUT2D eigenvalue weighted by atomic mass is 35.5. The Kier molecular flexibility index (Phi) is 5.94. The van der Waals surface area contributed by atoms with Crippen molar-refractivity contribution >= 4 is 23.5 Å². The maximum absolute atomic E-state index is 12.3. The largest absolute Gasteiger partial charge is 0.476 e. The predicted molar refractivity (Wildman–Crippen MR) is 102 cm³/mol. The molecule has 1 aliphatic heterocycles. The van der Waals surface area contributed by atoms with Gasteiger partial charge in [0.25, 0.3) is 5.91 Å². The maximum Gasteiger partial charge on any atom is 0.350 e. The van der Waals surface area contributed by atoms with Gasteiger partial charge in [0.2, 0.25) is 6.79 Å². The van der Waals surface area contributed by atoms with Crippen molar-refractivity contribution in [2.24, 2.45) is 0 Å². The summed E-state index contributed by atoms with van der Waals surface area (Å²) in [7, 11) is 0.